The van der Waals surface area contributed by atoms with Gasteiger partial charge in [0.2, 0.25) is 0 Å². The van der Waals surface area contributed by atoms with E-state index in [2.05, 4.69) is 6.58 Å². The molecule has 2 nitrogen and oxygen atoms in total. The van der Waals surface area contributed by atoms with Gasteiger partial charge in [0, 0.05) is 4.90 Å². The molecular formula is C14H18O2S. The molecular weight excluding hydrogens is 232 g/mol. The number of hydrogen-bond acceptors (Lipinski definition) is 3. The molecule has 3 heteroatoms. The van der Waals surface area contributed by atoms with Crippen LogP contribution < -0.4 is 0 Å². The van der Waals surface area contributed by atoms with Crippen molar-refractivity contribution in [3.8, 4) is 0 Å². The van der Waals surface area contributed by atoms with Crippen LogP contribution in [0.1, 0.15) is 18.1 Å². The van der Waals surface area contributed by atoms with Gasteiger partial charge in [-0.3, -0.25) is 4.79 Å². The van der Waals surface area contributed by atoms with Crippen LogP contribution >= 0.6 is 11.8 Å². The summed E-state index contributed by atoms with van der Waals surface area (Å²) in [5.74, 6) is -0.227. The van der Waals surface area contributed by atoms with Crippen LogP contribution in [0.3, 0.4) is 0 Å². The molecule has 1 rings (SSSR count). The summed E-state index contributed by atoms with van der Waals surface area (Å²) < 4.78 is 5.02. The van der Waals surface area contributed by atoms with Gasteiger partial charge in [0.05, 0.1) is 6.61 Å². The molecule has 0 heterocycles. The Morgan fingerprint density at radius 1 is 1.47 bits per heavy atom. The first-order chi connectivity index (χ1) is 8.10. The summed E-state index contributed by atoms with van der Waals surface area (Å²) in [6, 6.07) is 6.10. The zero-order valence-electron chi connectivity index (χ0n) is 10.5. The summed E-state index contributed by atoms with van der Waals surface area (Å²) >= 11 is 1.50. The van der Waals surface area contributed by atoms with Gasteiger partial charge >= 0.3 is 5.97 Å². The van der Waals surface area contributed by atoms with E-state index in [-0.39, 0.29) is 11.2 Å². The molecule has 0 aromatic heterocycles. The molecule has 0 fully saturated rings. The standard InChI is InChI=1S/C14H18O2S/c1-5-12(14(15)16-6-2)17-13-10(3)8-7-9-11(13)4/h5,7-9,12H,1,6H2,2-4H3. The fourth-order valence-corrected chi connectivity index (χ4v) is 2.55. The Morgan fingerprint density at radius 3 is 2.53 bits per heavy atom. The van der Waals surface area contributed by atoms with Crippen molar-refractivity contribution >= 4 is 17.7 Å². The highest BCUT2D eigenvalue weighted by molar-refractivity contribution is 8.00. The first kappa shape index (κ1) is 13.8. The van der Waals surface area contributed by atoms with E-state index in [0.29, 0.717) is 6.61 Å². The summed E-state index contributed by atoms with van der Waals surface area (Å²) in [5, 5.41) is -0.338. The minimum absolute atomic E-state index is 0.227. The molecule has 92 valence electrons. The minimum Gasteiger partial charge on any atom is -0.465 e. The molecule has 0 radical (unpaired) electrons. The molecule has 1 unspecified atom stereocenters. The maximum absolute atomic E-state index is 11.7. The van der Waals surface area contributed by atoms with Crippen LogP contribution in [-0.4, -0.2) is 17.8 Å². The maximum Gasteiger partial charge on any atom is 0.323 e. The van der Waals surface area contributed by atoms with E-state index in [1.54, 1.807) is 6.08 Å². The van der Waals surface area contributed by atoms with Crippen molar-refractivity contribution in [2.75, 3.05) is 6.61 Å². The highest BCUT2D eigenvalue weighted by atomic mass is 32.2. The van der Waals surface area contributed by atoms with E-state index < -0.39 is 0 Å². The van der Waals surface area contributed by atoms with Gasteiger partial charge in [-0.1, -0.05) is 24.3 Å². The molecule has 17 heavy (non-hydrogen) atoms. The third-order valence-corrected chi connectivity index (χ3v) is 3.91. The zero-order chi connectivity index (χ0) is 12.8. The van der Waals surface area contributed by atoms with Crippen molar-refractivity contribution in [1.29, 1.82) is 0 Å². The number of ether oxygens (including phenoxy) is 1. The van der Waals surface area contributed by atoms with Crippen LogP contribution in [0, 0.1) is 13.8 Å². The van der Waals surface area contributed by atoms with Crippen LogP contribution in [0.4, 0.5) is 0 Å². The van der Waals surface area contributed by atoms with Gasteiger partial charge in [0.15, 0.2) is 0 Å². The second kappa shape index (κ2) is 6.50. The molecule has 0 aliphatic heterocycles. The second-order valence-corrected chi connectivity index (χ2v) is 4.90. The van der Waals surface area contributed by atoms with Gasteiger partial charge in [-0.15, -0.1) is 18.3 Å². The fourth-order valence-electron chi connectivity index (χ4n) is 1.53. The summed E-state index contributed by atoms with van der Waals surface area (Å²) in [7, 11) is 0. The molecule has 0 bridgehead atoms. The van der Waals surface area contributed by atoms with E-state index in [1.165, 1.54) is 22.9 Å². The number of hydrogen-bond donors (Lipinski definition) is 0. The number of rotatable bonds is 5. The first-order valence-corrected chi connectivity index (χ1v) is 6.50. The highest BCUT2D eigenvalue weighted by Gasteiger charge is 2.19. The van der Waals surface area contributed by atoms with Crippen molar-refractivity contribution < 1.29 is 9.53 Å². The topological polar surface area (TPSA) is 26.3 Å². The van der Waals surface area contributed by atoms with E-state index in [1.807, 2.05) is 39.0 Å². The molecule has 0 saturated carbocycles. The molecule has 1 aromatic carbocycles. The largest absolute Gasteiger partial charge is 0.465 e. The lowest BCUT2D eigenvalue weighted by molar-refractivity contribution is -0.141. The summed E-state index contributed by atoms with van der Waals surface area (Å²) in [5.41, 5.74) is 2.34. The van der Waals surface area contributed by atoms with Crippen LogP contribution in [0.5, 0.6) is 0 Å². The van der Waals surface area contributed by atoms with Gasteiger partial charge in [-0.25, -0.2) is 0 Å². The Hall–Kier alpha value is -1.22. The average molecular weight is 250 g/mol. The second-order valence-electron chi connectivity index (χ2n) is 3.75. The third-order valence-electron chi connectivity index (χ3n) is 2.39. The summed E-state index contributed by atoms with van der Waals surface area (Å²) in [6.07, 6.45) is 1.63. The summed E-state index contributed by atoms with van der Waals surface area (Å²) in [6.45, 7) is 9.99. The van der Waals surface area contributed by atoms with E-state index >= 15 is 0 Å². The van der Waals surface area contributed by atoms with Gasteiger partial charge in [0.25, 0.3) is 0 Å². The lowest BCUT2D eigenvalue weighted by Crippen LogP contribution is -2.18. The van der Waals surface area contributed by atoms with Gasteiger partial charge in [0.1, 0.15) is 5.25 Å². The molecule has 0 spiro atoms. The van der Waals surface area contributed by atoms with Crippen LogP contribution in [-0.2, 0) is 9.53 Å². The minimum atomic E-state index is -0.338. The molecule has 1 atom stereocenters. The van der Waals surface area contributed by atoms with Crippen molar-refractivity contribution in [2.24, 2.45) is 0 Å². The lowest BCUT2D eigenvalue weighted by atomic mass is 10.2. The Balaban J connectivity index is 2.88. The van der Waals surface area contributed by atoms with Gasteiger partial charge in [-0.2, -0.15) is 0 Å². The van der Waals surface area contributed by atoms with Gasteiger partial charge in [-0.05, 0) is 31.9 Å². The molecule has 0 N–H and O–H groups in total. The van der Waals surface area contributed by atoms with Crippen molar-refractivity contribution in [2.45, 2.75) is 30.9 Å². The SMILES string of the molecule is C=CC(Sc1c(C)cccc1C)C(=O)OCC. The Morgan fingerprint density at radius 2 is 2.06 bits per heavy atom. The molecule has 0 saturated heterocycles. The monoisotopic (exact) mass is 250 g/mol. The van der Waals surface area contributed by atoms with Crippen LogP contribution in [0.2, 0.25) is 0 Å². The quantitative estimate of drug-likeness (QED) is 0.454. The van der Waals surface area contributed by atoms with Gasteiger partial charge < -0.3 is 4.74 Å². The van der Waals surface area contributed by atoms with E-state index in [9.17, 15) is 4.79 Å². The number of carbonyl (C=O) groups is 1. The molecule has 0 aliphatic carbocycles. The predicted octanol–water partition coefficient (Wildman–Crippen LogP) is 3.51. The average Bonchev–Trinajstić information content (AvgIpc) is 2.29. The van der Waals surface area contributed by atoms with Crippen molar-refractivity contribution in [1.82, 2.24) is 0 Å². The zero-order valence-corrected chi connectivity index (χ0v) is 11.3. The predicted molar refractivity (Wildman–Crippen MR) is 72.4 cm³/mol. The van der Waals surface area contributed by atoms with Crippen molar-refractivity contribution in [3.63, 3.8) is 0 Å². The summed E-state index contributed by atoms with van der Waals surface area (Å²) in [4.78, 5) is 12.8. The number of esters is 1. The normalized spacial score (nSPS) is 11.9. The molecule has 0 aliphatic rings. The fraction of sp³-hybridized carbons (Fsp3) is 0.357. The lowest BCUT2D eigenvalue weighted by Gasteiger charge is -2.14. The number of aryl methyl sites for hydroxylation is 2. The smallest absolute Gasteiger partial charge is 0.323 e. The van der Waals surface area contributed by atoms with Crippen molar-refractivity contribution in [3.05, 3.63) is 42.0 Å². The van der Waals surface area contributed by atoms with Crippen LogP contribution in [0.25, 0.3) is 0 Å². The molecule has 0 amide bonds. The molecule has 1 aromatic rings. The maximum atomic E-state index is 11.7. The first-order valence-electron chi connectivity index (χ1n) is 5.62. The number of benzene rings is 1. The Kier molecular flexibility index (Phi) is 5.29. The highest BCUT2D eigenvalue weighted by Crippen LogP contribution is 2.30. The Labute approximate surface area is 107 Å². The van der Waals surface area contributed by atoms with E-state index in [0.717, 1.165) is 4.90 Å². The van der Waals surface area contributed by atoms with E-state index in [4.69, 9.17) is 4.74 Å². The third kappa shape index (κ3) is 3.63. The number of thioether (sulfide) groups is 1. The number of carbonyl (C=O) groups excluding carboxylic acids is 1. The Bertz CT molecular complexity index is 392. The van der Waals surface area contributed by atoms with Crippen LogP contribution in [0.15, 0.2) is 35.7 Å².